The molecule has 0 aliphatic heterocycles. The first-order chi connectivity index (χ1) is 14.2. The fraction of sp³-hybridized carbons (Fsp3) is 0.880. The number of carbonyl (C=O) groups is 3. The van der Waals surface area contributed by atoms with Gasteiger partial charge in [-0.1, -0.05) is 79.1 Å². The van der Waals surface area contributed by atoms with Crippen molar-refractivity contribution >= 4 is 17.3 Å². The normalized spacial score (nSPS) is 25.0. The van der Waals surface area contributed by atoms with E-state index in [1.807, 2.05) is 27.7 Å². The van der Waals surface area contributed by atoms with Crippen LogP contribution in [0, 0.1) is 22.7 Å². The monoisotopic (exact) mass is 420 g/mol. The van der Waals surface area contributed by atoms with Crippen molar-refractivity contribution in [3.05, 3.63) is 0 Å². The quantitative estimate of drug-likeness (QED) is 0.512. The lowest BCUT2D eigenvalue weighted by Gasteiger charge is -2.46. The Morgan fingerprint density at radius 3 is 1.23 bits per heavy atom. The van der Waals surface area contributed by atoms with Gasteiger partial charge in [0.1, 0.15) is 0 Å². The molecule has 5 nitrogen and oxygen atoms in total. The highest BCUT2D eigenvalue weighted by molar-refractivity contribution is 6.19. The molecule has 2 fully saturated rings. The predicted molar refractivity (Wildman–Crippen MR) is 121 cm³/mol. The fourth-order valence-electron chi connectivity index (χ4n) is 5.60. The van der Waals surface area contributed by atoms with Crippen LogP contribution in [-0.2, 0) is 14.4 Å². The zero-order chi connectivity index (χ0) is 22.5. The standard InChI is InChI=1S/C25H44N2O3/c1-5-17(3)19(26)21(28)24(13-9-7-10-14-24)23(30)25(15-11-8-12-16-25)22(29)20(27)18(4)6-2/h17-20H,5-16,26-27H2,1-4H3/t17-,18-,19-,20-/m0/s1. The second kappa shape index (κ2) is 10.5. The molecule has 2 saturated carbocycles. The average Bonchev–Trinajstić information content (AvgIpc) is 2.81. The summed E-state index contributed by atoms with van der Waals surface area (Å²) in [7, 11) is 0. The van der Waals surface area contributed by atoms with Gasteiger partial charge in [-0.25, -0.2) is 0 Å². The van der Waals surface area contributed by atoms with Gasteiger partial charge in [0.15, 0.2) is 17.3 Å². The fourth-order valence-corrected chi connectivity index (χ4v) is 5.60. The maximum absolute atomic E-state index is 14.4. The molecule has 0 aromatic carbocycles. The topological polar surface area (TPSA) is 103 Å². The van der Waals surface area contributed by atoms with Gasteiger partial charge < -0.3 is 11.5 Å². The second-order valence-corrected chi connectivity index (χ2v) is 10.2. The number of nitrogens with two attached hydrogens (primary N) is 2. The van der Waals surface area contributed by atoms with E-state index in [2.05, 4.69) is 0 Å². The van der Waals surface area contributed by atoms with Crippen LogP contribution in [-0.4, -0.2) is 29.4 Å². The molecule has 0 heterocycles. The molecule has 0 spiro atoms. The van der Waals surface area contributed by atoms with Gasteiger partial charge in [0, 0.05) is 0 Å². The van der Waals surface area contributed by atoms with Crippen LogP contribution < -0.4 is 11.5 Å². The molecule has 172 valence electrons. The summed E-state index contributed by atoms with van der Waals surface area (Å²) < 4.78 is 0. The van der Waals surface area contributed by atoms with Crippen LogP contribution in [0.15, 0.2) is 0 Å². The summed E-state index contributed by atoms with van der Waals surface area (Å²) in [5.74, 6) is -0.358. The molecule has 0 radical (unpaired) electrons. The van der Waals surface area contributed by atoms with Crippen LogP contribution in [0.3, 0.4) is 0 Å². The molecule has 0 saturated heterocycles. The van der Waals surface area contributed by atoms with E-state index in [0.717, 1.165) is 51.4 Å². The highest BCUT2D eigenvalue weighted by Gasteiger charge is 2.59. The van der Waals surface area contributed by atoms with E-state index in [-0.39, 0.29) is 29.2 Å². The van der Waals surface area contributed by atoms with Gasteiger partial charge in [0.05, 0.1) is 22.9 Å². The maximum Gasteiger partial charge on any atom is 0.163 e. The van der Waals surface area contributed by atoms with Gasteiger partial charge >= 0.3 is 0 Å². The Morgan fingerprint density at radius 2 is 0.967 bits per heavy atom. The van der Waals surface area contributed by atoms with Crippen LogP contribution in [0.5, 0.6) is 0 Å². The minimum Gasteiger partial charge on any atom is -0.321 e. The zero-order valence-electron chi connectivity index (χ0n) is 19.7. The molecule has 2 aliphatic carbocycles. The molecular weight excluding hydrogens is 376 g/mol. The van der Waals surface area contributed by atoms with Crippen molar-refractivity contribution < 1.29 is 14.4 Å². The Morgan fingerprint density at radius 1 is 0.667 bits per heavy atom. The summed E-state index contributed by atoms with van der Waals surface area (Å²) in [4.78, 5) is 41.8. The first kappa shape index (κ1) is 25.2. The minimum atomic E-state index is -1.11. The van der Waals surface area contributed by atoms with Crippen molar-refractivity contribution in [2.75, 3.05) is 0 Å². The Hall–Kier alpha value is -1.07. The van der Waals surface area contributed by atoms with Crippen LogP contribution in [0.4, 0.5) is 0 Å². The van der Waals surface area contributed by atoms with Gasteiger partial charge in [-0.2, -0.15) is 0 Å². The van der Waals surface area contributed by atoms with E-state index in [4.69, 9.17) is 11.5 Å². The zero-order valence-corrected chi connectivity index (χ0v) is 19.7. The van der Waals surface area contributed by atoms with Crippen molar-refractivity contribution in [2.24, 2.45) is 34.1 Å². The molecule has 4 atom stereocenters. The van der Waals surface area contributed by atoms with E-state index < -0.39 is 22.9 Å². The Balaban J connectivity index is 2.51. The number of hydrogen-bond donors (Lipinski definition) is 2. The predicted octanol–water partition coefficient (Wildman–Crippen LogP) is 4.34. The first-order valence-electron chi connectivity index (χ1n) is 12.3. The third-order valence-electron chi connectivity index (χ3n) is 8.35. The summed E-state index contributed by atoms with van der Waals surface area (Å²) >= 11 is 0. The number of hydrogen-bond acceptors (Lipinski definition) is 5. The molecule has 0 aromatic rings. The molecule has 0 amide bonds. The van der Waals surface area contributed by atoms with Crippen molar-refractivity contribution in [3.8, 4) is 0 Å². The highest BCUT2D eigenvalue weighted by Crippen LogP contribution is 2.50. The lowest BCUT2D eigenvalue weighted by molar-refractivity contribution is -0.157. The number of rotatable bonds is 10. The van der Waals surface area contributed by atoms with Gasteiger partial charge in [-0.05, 0) is 37.5 Å². The maximum atomic E-state index is 14.4. The molecule has 30 heavy (non-hydrogen) atoms. The van der Waals surface area contributed by atoms with Crippen LogP contribution in [0.1, 0.15) is 105 Å². The van der Waals surface area contributed by atoms with Crippen molar-refractivity contribution in [1.29, 1.82) is 0 Å². The number of ketones is 3. The van der Waals surface area contributed by atoms with Crippen molar-refractivity contribution in [3.63, 3.8) is 0 Å². The minimum absolute atomic E-state index is 0.0180. The van der Waals surface area contributed by atoms with Gasteiger partial charge in [-0.15, -0.1) is 0 Å². The Kier molecular flexibility index (Phi) is 8.81. The summed E-state index contributed by atoms with van der Waals surface area (Å²) in [6.45, 7) is 7.99. The van der Waals surface area contributed by atoms with Gasteiger partial charge in [-0.3, -0.25) is 14.4 Å². The van der Waals surface area contributed by atoms with Crippen LogP contribution in [0.25, 0.3) is 0 Å². The largest absolute Gasteiger partial charge is 0.321 e. The lowest BCUT2D eigenvalue weighted by atomic mass is 9.54. The van der Waals surface area contributed by atoms with E-state index in [1.54, 1.807) is 0 Å². The summed E-state index contributed by atoms with van der Waals surface area (Å²) in [6, 6.07) is -1.31. The number of carbonyl (C=O) groups excluding carboxylic acids is 3. The van der Waals surface area contributed by atoms with E-state index in [1.165, 1.54) is 0 Å². The summed E-state index contributed by atoms with van der Waals surface area (Å²) in [5, 5.41) is 0. The molecule has 2 rings (SSSR count). The highest BCUT2D eigenvalue weighted by atomic mass is 16.2. The Labute approximate surface area is 183 Å². The molecular formula is C25H44N2O3. The SMILES string of the molecule is CC[C@H](C)[C@H](N)C(=O)C1(C(=O)C2(C(=O)[C@@H](N)[C@@H](C)CC)CCCCC2)CCCCC1. The third-order valence-corrected chi connectivity index (χ3v) is 8.35. The summed E-state index contributed by atoms with van der Waals surface area (Å²) in [5.41, 5.74) is 10.6. The Bertz CT molecular complexity index is 566. The van der Waals surface area contributed by atoms with Crippen molar-refractivity contribution in [2.45, 2.75) is 117 Å². The molecule has 0 unspecified atom stereocenters. The molecule has 2 aliphatic rings. The first-order valence-corrected chi connectivity index (χ1v) is 12.3. The van der Waals surface area contributed by atoms with Crippen LogP contribution in [0.2, 0.25) is 0 Å². The smallest absolute Gasteiger partial charge is 0.163 e. The molecule has 0 bridgehead atoms. The average molecular weight is 421 g/mol. The lowest BCUT2D eigenvalue weighted by Crippen LogP contribution is -2.60. The number of Topliss-reactive ketones (excluding diaryl/α,β-unsaturated/α-hetero) is 3. The molecule has 5 heteroatoms. The van der Waals surface area contributed by atoms with Gasteiger partial charge in [0.25, 0.3) is 0 Å². The van der Waals surface area contributed by atoms with E-state index in [0.29, 0.717) is 25.7 Å². The van der Waals surface area contributed by atoms with Crippen molar-refractivity contribution in [1.82, 2.24) is 0 Å². The van der Waals surface area contributed by atoms with Crippen LogP contribution >= 0.6 is 0 Å². The van der Waals surface area contributed by atoms with E-state index >= 15 is 0 Å². The summed E-state index contributed by atoms with van der Waals surface area (Å²) in [6.07, 6.45) is 9.11. The van der Waals surface area contributed by atoms with E-state index in [9.17, 15) is 14.4 Å². The molecule has 4 N–H and O–H groups in total. The third kappa shape index (κ3) is 4.57. The van der Waals surface area contributed by atoms with Gasteiger partial charge in [0.2, 0.25) is 0 Å². The molecule has 0 aromatic heterocycles. The second-order valence-electron chi connectivity index (χ2n) is 10.2.